The molecule has 80 valence electrons. The van der Waals surface area contributed by atoms with Crippen molar-refractivity contribution in [2.45, 2.75) is 6.61 Å². The quantitative estimate of drug-likeness (QED) is 0.776. The normalized spacial score (nSPS) is 10.1. The van der Waals surface area contributed by atoms with Crippen LogP contribution >= 0.6 is 0 Å². The molecule has 0 aromatic heterocycles. The lowest BCUT2D eigenvalue weighted by molar-refractivity contribution is -0.0512. The molecule has 4 nitrogen and oxygen atoms in total. The van der Waals surface area contributed by atoms with Crippen molar-refractivity contribution in [1.29, 1.82) is 0 Å². The molecule has 0 heterocycles. The third-order valence-corrected chi connectivity index (χ3v) is 1.63. The van der Waals surface area contributed by atoms with Gasteiger partial charge in [-0.2, -0.15) is 8.78 Å². The highest BCUT2D eigenvalue weighted by atomic mass is 19.3. The van der Waals surface area contributed by atoms with Gasteiger partial charge in [-0.1, -0.05) is 0 Å². The predicted octanol–water partition coefficient (Wildman–Crippen LogP) is 1.62. The van der Waals surface area contributed by atoms with Gasteiger partial charge < -0.3 is 9.84 Å². The van der Waals surface area contributed by atoms with E-state index < -0.39 is 18.1 Å². The summed E-state index contributed by atoms with van der Waals surface area (Å²) in [6, 6.07) is 1.76. The van der Waals surface area contributed by atoms with Crippen molar-refractivity contribution in [2.75, 3.05) is 0 Å². The van der Waals surface area contributed by atoms with E-state index in [0.29, 0.717) is 12.6 Å². The summed E-state index contributed by atoms with van der Waals surface area (Å²) in [5.41, 5.74) is -0.220. The average Bonchev–Trinajstić information content (AvgIpc) is 2.19. The second-order valence-electron chi connectivity index (χ2n) is 2.56. The smallest absolute Gasteiger partial charge is 0.387 e. The standard InChI is InChI=1S/C9H6F2O4/c10-9(11)15-8-2-6(4-13)5(3-12)1-7(8)14/h1-4,9,14H. The lowest BCUT2D eigenvalue weighted by Crippen LogP contribution is -2.03. The lowest BCUT2D eigenvalue weighted by Gasteiger charge is -2.08. The Morgan fingerprint density at radius 1 is 1.20 bits per heavy atom. The van der Waals surface area contributed by atoms with Gasteiger partial charge in [0, 0.05) is 11.1 Å². The van der Waals surface area contributed by atoms with Crippen LogP contribution in [0.4, 0.5) is 8.78 Å². The fourth-order valence-electron chi connectivity index (χ4n) is 0.995. The van der Waals surface area contributed by atoms with Crippen molar-refractivity contribution < 1.29 is 28.2 Å². The van der Waals surface area contributed by atoms with E-state index in [-0.39, 0.29) is 11.1 Å². The molecule has 0 unspecified atom stereocenters. The van der Waals surface area contributed by atoms with Crippen molar-refractivity contribution in [3.05, 3.63) is 23.3 Å². The van der Waals surface area contributed by atoms with E-state index >= 15 is 0 Å². The molecule has 0 saturated carbocycles. The van der Waals surface area contributed by atoms with Crippen LogP contribution in [0.15, 0.2) is 12.1 Å². The number of hydrogen-bond acceptors (Lipinski definition) is 4. The Balaban J connectivity index is 3.19. The van der Waals surface area contributed by atoms with Crippen LogP contribution in [-0.2, 0) is 0 Å². The molecule has 0 amide bonds. The third-order valence-electron chi connectivity index (χ3n) is 1.63. The Morgan fingerprint density at radius 3 is 2.20 bits per heavy atom. The largest absolute Gasteiger partial charge is 0.504 e. The van der Waals surface area contributed by atoms with E-state index in [0.717, 1.165) is 12.1 Å². The first kappa shape index (κ1) is 11.1. The highest BCUT2D eigenvalue weighted by molar-refractivity contribution is 5.91. The Labute approximate surface area is 83.1 Å². The van der Waals surface area contributed by atoms with Crippen molar-refractivity contribution in [3.8, 4) is 11.5 Å². The van der Waals surface area contributed by atoms with Gasteiger partial charge >= 0.3 is 6.61 Å². The highest BCUT2D eigenvalue weighted by Crippen LogP contribution is 2.29. The fraction of sp³-hybridized carbons (Fsp3) is 0.111. The number of carbonyl (C=O) groups is 2. The molecule has 0 aliphatic heterocycles. The molecule has 0 fully saturated rings. The molecule has 0 aliphatic rings. The number of halogens is 2. The summed E-state index contributed by atoms with van der Waals surface area (Å²) in [5, 5.41) is 9.16. The zero-order valence-electron chi connectivity index (χ0n) is 7.31. The Bertz CT molecular complexity index is 390. The maximum atomic E-state index is 11.8. The summed E-state index contributed by atoms with van der Waals surface area (Å²) in [4.78, 5) is 20.9. The number of ether oxygens (including phenoxy) is 1. The summed E-state index contributed by atoms with van der Waals surface area (Å²) in [6.45, 7) is -3.11. The number of aromatic hydroxyl groups is 1. The highest BCUT2D eigenvalue weighted by Gasteiger charge is 2.13. The molecule has 0 aliphatic carbocycles. The van der Waals surface area contributed by atoms with Gasteiger partial charge in [-0.25, -0.2) is 0 Å². The molecule has 0 radical (unpaired) electrons. The number of aldehydes is 2. The van der Waals surface area contributed by atoms with Crippen molar-refractivity contribution >= 4 is 12.6 Å². The Morgan fingerprint density at radius 2 is 1.73 bits per heavy atom. The maximum absolute atomic E-state index is 11.8. The van der Waals surface area contributed by atoms with Gasteiger partial charge in [-0.05, 0) is 12.1 Å². The van der Waals surface area contributed by atoms with Crippen LogP contribution in [0.5, 0.6) is 11.5 Å². The SMILES string of the molecule is O=Cc1cc(O)c(OC(F)F)cc1C=O. The maximum Gasteiger partial charge on any atom is 0.387 e. The molecule has 0 saturated heterocycles. The molecule has 1 N–H and O–H groups in total. The van der Waals surface area contributed by atoms with E-state index in [9.17, 15) is 18.4 Å². The Hall–Kier alpha value is -1.98. The van der Waals surface area contributed by atoms with Crippen molar-refractivity contribution in [1.82, 2.24) is 0 Å². The van der Waals surface area contributed by atoms with Gasteiger partial charge in [-0.15, -0.1) is 0 Å². The monoisotopic (exact) mass is 216 g/mol. The van der Waals surface area contributed by atoms with E-state index in [1.165, 1.54) is 0 Å². The lowest BCUT2D eigenvalue weighted by atomic mass is 10.1. The van der Waals surface area contributed by atoms with E-state index in [1.54, 1.807) is 0 Å². The van der Waals surface area contributed by atoms with Crippen LogP contribution in [0.2, 0.25) is 0 Å². The summed E-state index contributed by atoms with van der Waals surface area (Å²) in [5.74, 6) is -1.17. The number of phenols is 1. The molecule has 6 heteroatoms. The summed E-state index contributed by atoms with van der Waals surface area (Å²) in [6.07, 6.45) is 0.636. The number of alkyl halides is 2. The van der Waals surface area contributed by atoms with E-state index in [1.807, 2.05) is 0 Å². The Kier molecular flexibility index (Phi) is 3.33. The first-order valence-electron chi connectivity index (χ1n) is 3.80. The van der Waals surface area contributed by atoms with Crippen LogP contribution in [-0.4, -0.2) is 24.3 Å². The first-order valence-corrected chi connectivity index (χ1v) is 3.80. The van der Waals surface area contributed by atoms with Gasteiger partial charge in [0.2, 0.25) is 0 Å². The van der Waals surface area contributed by atoms with Crippen LogP contribution in [0.3, 0.4) is 0 Å². The molecule has 0 spiro atoms. The minimum Gasteiger partial charge on any atom is -0.504 e. The van der Waals surface area contributed by atoms with Gasteiger partial charge in [0.25, 0.3) is 0 Å². The zero-order valence-corrected chi connectivity index (χ0v) is 7.31. The van der Waals surface area contributed by atoms with Gasteiger partial charge in [0.05, 0.1) is 0 Å². The third kappa shape index (κ3) is 2.49. The van der Waals surface area contributed by atoms with Crippen molar-refractivity contribution in [2.24, 2.45) is 0 Å². The molecule has 0 bridgehead atoms. The fourth-order valence-corrected chi connectivity index (χ4v) is 0.995. The van der Waals surface area contributed by atoms with E-state index in [2.05, 4.69) is 4.74 Å². The second kappa shape index (κ2) is 4.50. The van der Waals surface area contributed by atoms with Crippen LogP contribution in [0.1, 0.15) is 20.7 Å². The molecule has 1 aromatic carbocycles. The first-order chi connectivity index (χ1) is 7.08. The molecule has 15 heavy (non-hydrogen) atoms. The van der Waals surface area contributed by atoms with Gasteiger partial charge in [0.15, 0.2) is 24.1 Å². The summed E-state index contributed by atoms with van der Waals surface area (Å²) < 4.78 is 27.6. The number of rotatable bonds is 4. The van der Waals surface area contributed by atoms with Crippen LogP contribution in [0.25, 0.3) is 0 Å². The van der Waals surface area contributed by atoms with Crippen molar-refractivity contribution in [3.63, 3.8) is 0 Å². The topological polar surface area (TPSA) is 63.6 Å². The predicted molar refractivity (Wildman–Crippen MR) is 45.5 cm³/mol. The minimum atomic E-state index is -3.11. The molecular weight excluding hydrogens is 210 g/mol. The number of benzene rings is 1. The minimum absolute atomic E-state index is 0.0934. The molecular formula is C9H6F2O4. The average molecular weight is 216 g/mol. The summed E-state index contributed by atoms with van der Waals surface area (Å²) >= 11 is 0. The van der Waals surface area contributed by atoms with Gasteiger partial charge in [0.1, 0.15) is 0 Å². The second-order valence-corrected chi connectivity index (χ2v) is 2.56. The molecule has 1 aromatic rings. The zero-order chi connectivity index (χ0) is 11.4. The van der Waals surface area contributed by atoms with Crippen LogP contribution in [0, 0.1) is 0 Å². The number of carbonyl (C=O) groups excluding carboxylic acids is 2. The van der Waals surface area contributed by atoms with Gasteiger partial charge in [-0.3, -0.25) is 9.59 Å². The number of phenolic OH excluding ortho intramolecular Hbond substituents is 1. The molecule has 1 rings (SSSR count). The molecule has 0 atom stereocenters. The van der Waals surface area contributed by atoms with Crippen LogP contribution < -0.4 is 4.74 Å². The van der Waals surface area contributed by atoms with E-state index in [4.69, 9.17) is 5.11 Å². The summed E-state index contributed by atoms with van der Waals surface area (Å²) in [7, 11) is 0. The number of hydrogen-bond donors (Lipinski definition) is 1.